The topological polar surface area (TPSA) is 61.4 Å². The monoisotopic (exact) mass is 313 g/mol. The van der Waals surface area contributed by atoms with Gasteiger partial charge in [0.2, 0.25) is 11.8 Å². The van der Waals surface area contributed by atoms with E-state index in [1.54, 1.807) is 16.7 Å². The van der Waals surface area contributed by atoms with Gasteiger partial charge in [-0.15, -0.1) is 11.8 Å². The van der Waals surface area contributed by atoms with Crippen LogP contribution in [-0.4, -0.2) is 53.0 Å². The van der Waals surface area contributed by atoms with Gasteiger partial charge in [0, 0.05) is 23.3 Å². The van der Waals surface area contributed by atoms with Crippen molar-refractivity contribution in [2.45, 2.75) is 58.7 Å². The third-order valence-electron chi connectivity index (χ3n) is 4.18. The lowest BCUT2D eigenvalue weighted by Crippen LogP contribution is -2.57. The quantitative estimate of drug-likeness (QED) is 0.804. The fraction of sp³-hybridized carbons (Fsp3) is 0.867. The van der Waals surface area contributed by atoms with Crippen molar-refractivity contribution in [2.24, 2.45) is 5.41 Å². The van der Waals surface area contributed by atoms with E-state index in [9.17, 15) is 9.59 Å². The van der Waals surface area contributed by atoms with Gasteiger partial charge in [0.25, 0.3) is 0 Å². The average Bonchev–Trinajstić information content (AvgIpc) is 2.88. The fourth-order valence-electron chi connectivity index (χ4n) is 2.81. The molecule has 5 nitrogen and oxygen atoms in total. The molecule has 0 saturated carbocycles. The Hall–Kier alpha value is -0.750. The molecule has 3 unspecified atom stereocenters. The van der Waals surface area contributed by atoms with E-state index in [4.69, 9.17) is 0 Å². The Labute approximate surface area is 131 Å². The number of nitrogens with zero attached hydrogens (tertiary/aromatic N) is 1. The van der Waals surface area contributed by atoms with Crippen LogP contribution in [-0.2, 0) is 9.59 Å². The molecule has 0 aromatic heterocycles. The Balaban J connectivity index is 1.99. The van der Waals surface area contributed by atoms with Crippen LogP contribution in [0.15, 0.2) is 0 Å². The first-order valence-electron chi connectivity index (χ1n) is 7.73. The Morgan fingerprint density at radius 1 is 1.33 bits per heavy atom. The number of nitrogens with one attached hydrogen (secondary N) is 2. The number of hydrogen-bond donors (Lipinski definition) is 2. The second kappa shape index (κ2) is 6.57. The zero-order chi connectivity index (χ0) is 15.6. The predicted octanol–water partition coefficient (Wildman–Crippen LogP) is 1.19. The van der Waals surface area contributed by atoms with Crippen molar-refractivity contribution in [2.75, 3.05) is 18.2 Å². The van der Waals surface area contributed by atoms with E-state index in [1.807, 2.05) is 20.8 Å². The van der Waals surface area contributed by atoms with Gasteiger partial charge in [0.15, 0.2) is 0 Å². The van der Waals surface area contributed by atoms with Crippen molar-refractivity contribution in [1.29, 1.82) is 0 Å². The molecule has 6 heteroatoms. The Bertz CT molecular complexity index is 408. The highest BCUT2D eigenvalue weighted by molar-refractivity contribution is 7.99. The molecule has 2 aliphatic heterocycles. The molecule has 3 atom stereocenters. The summed E-state index contributed by atoms with van der Waals surface area (Å²) < 4.78 is 0. The highest BCUT2D eigenvalue weighted by atomic mass is 32.2. The van der Waals surface area contributed by atoms with E-state index in [0.717, 1.165) is 19.4 Å². The van der Waals surface area contributed by atoms with Crippen LogP contribution in [0, 0.1) is 5.41 Å². The molecule has 2 saturated heterocycles. The maximum atomic E-state index is 12.6. The van der Waals surface area contributed by atoms with Gasteiger partial charge in [-0.1, -0.05) is 20.8 Å². The van der Waals surface area contributed by atoms with Gasteiger partial charge in [0.1, 0.15) is 6.04 Å². The number of amides is 2. The maximum Gasteiger partial charge on any atom is 0.243 e. The summed E-state index contributed by atoms with van der Waals surface area (Å²) in [6, 6.07) is 0.141. The van der Waals surface area contributed by atoms with Crippen molar-refractivity contribution >= 4 is 23.6 Å². The minimum atomic E-state index is -0.441. The molecule has 2 heterocycles. The molecule has 2 rings (SSSR count). The summed E-state index contributed by atoms with van der Waals surface area (Å²) in [7, 11) is 0. The maximum absolute atomic E-state index is 12.6. The number of carbonyl (C=O) groups excluding carboxylic acids is 2. The first-order chi connectivity index (χ1) is 9.80. The summed E-state index contributed by atoms with van der Waals surface area (Å²) in [5, 5.41) is 6.52. The number of thioether (sulfide) groups is 1. The van der Waals surface area contributed by atoms with Gasteiger partial charge in [-0.05, 0) is 26.3 Å². The molecule has 120 valence electrons. The summed E-state index contributed by atoms with van der Waals surface area (Å²) in [5.74, 6) is 1.37. The summed E-state index contributed by atoms with van der Waals surface area (Å²) in [6.45, 7) is 8.83. The van der Waals surface area contributed by atoms with Crippen molar-refractivity contribution in [3.63, 3.8) is 0 Å². The third kappa shape index (κ3) is 3.92. The summed E-state index contributed by atoms with van der Waals surface area (Å²) >= 11 is 1.65. The van der Waals surface area contributed by atoms with Crippen LogP contribution in [0.4, 0.5) is 0 Å². The normalized spacial score (nSPS) is 30.3. The average molecular weight is 313 g/mol. The van der Waals surface area contributed by atoms with Crippen LogP contribution in [0.5, 0.6) is 0 Å². The second-order valence-corrected chi connectivity index (χ2v) is 8.04. The largest absolute Gasteiger partial charge is 0.350 e. The number of rotatable bonds is 2. The van der Waals surface area contributed by atoms with E-state index in [0.29, 0.717) is 17.7 Å². The molecule has 21 heavy (non-hydrogen) atoms. The van der Waals surface area contributed by atoms with Crippen molar-refractivity contribution in [3.8, 4) is 0 Å². The van der Waals surface area contributed by atoms with Gasteiger partial charge < -0.3 is 15.5 Å². The molecular weight excluding hydrogens is 286 g/mol. The van der Waals surface area contributed by atoms with Crippen LogP contribution in [0.2, 0.25) is 0 Å². The lowest BCUT2D eigenvalue weighted by Gasteiger charge is -2.34. The van der Waals surface area contributed by atoms with E-state index in [2.05, 4.69) is 17.6 Å². The van der Waals surface area contributed by atoms with Gasteiger partial charge in [-0.2, -0.15) is 0 Å². The van der Waals surface area contributed by atoms with Crippen LogP contribution < -0.4 is 10.6 Å². The van der Waals surface area contributed by atoms with Crippen LogP contribution >= 0.6 is 11.8 Å². The minimum absolute atomic E-state index is 0.00171. The third-order valence-corrected chi connectivity index (χ3v) is 5.19. The summed E-state index contributed by atoms with van der Waals surface area (Å²) in [6.07, 6.45) is 2.09. The molecule has 0 spiro atoms. The molecule has 2 fully saturated rings. The molecule has 0 aromatic carbocycles. The first kappa shape index (κ1) is 16.6. The van der Waals surface area contributed by atoms with Crippen LogP contribution in [0.25, 0.3) is 0 Å². The van der Waals surface area contributed by atoms with Crippen molar-refractivity contribution < 1.29 is 9.59 Å². The van der Waals surface area contributed by atoms with E-state index in [1.165, 1.54) is 0 Å². The molecule has 0 aromatic rings. The van der Waals surface area contributed by atoms with Crippen LogP contribution in [0.1, 0.15) is 40.5 Å². The molecule has 2 aliphatic rings. The number of piperidine rings is 1. The smallest absolute Gasteiger partial charge is 0.243 e. The molecule has 0 aliphatic carbocycles. The van der Waals surface area contributed by atoms with Gasteiger partial charge in [0.05, 0.1) is 5.88 Å². The zero-order valence-corrected chi connectivity index (χ0v) is 14.3. The summed E-state index contributed by atoms with van der Waals surface area (Å²) in [5.41, 5.74) is -0.441. The fourth-order valence-corrected chi connectivity index (χ4v) is 3.96. The van der Waals surface area contributed by atoms with Gasteiger partial charge >= 0.3 is 0 Å². The highest BCUT2D eigenvalue weighted by Gasteiger charge is 2.39. The Morgan fingerprint density at radius 2 is 2.05 bits per heavy atom. The zero-order valence-electron chi connectivity index (χ0n) is 13.4. The van der Waals surface area contributed by atoms with E-state index < -0.39 is 5.41 Å². The molecular formula is C15H27N3O2S. The highest BCUT2D eigenvalue weighted by Crippen LogP contribution is 2.27. The lowest BCUT2D eigenvalue weighted by atomic mass is 9.94. The van der Waals surface area contributed by atoms with E-state index >= 15 is 0 Å². The Kier molecular flexibility index (Phi) is 5.20. The van der Waals surface area contributed by atoms with Gasteiger partial charge in [-0.25, -0.2) is 0 Å². The van der Waals surface area contributed by atoms with E-state index in [-0.39, 0.29) is 23.9 Å². The van der Waals surface area contributed by atoms with Crippen molar-refractivity contribution in [1.82, 2.24) is 15.5 Å². The standard InChI is InChI=1S/C15H27N3O2S/c1-10-11(6-5-7-16-10)17-13(19)12-8-21-9-18(12)14(20)15(2,3)4/h10-12,16H,5-9H2,1-4H3,(H,17,19). The molecule has 2 amide bonds. The first-order valence-corrected chi connectivity index (χ1v) is 8.89. The SMILES string of the molecule is CC1NCCCC1NC(=O)C1CSCN1C(=O)C(C)(C)C. The molecule has 2 N–H and O–H groups in total. The minimum Gasteiger partial charge on any atom is -0.350 e. The van der Waals surface area contributed by atoms with Crippen molar-refractivity contribution in [3.05, 3.63) is 0 Å². The number of hydrogen-bond acceptors (Lipinski definition) is 4. The number of carbonyl (C=O) groups is 2. The van der Waals surface area contributed by atoms with Crippen LogP contribution in [0.3, 0.4) is 0 Å². The second-order valence-electron chi connectivity index (χ2n) is 7.04. The molecule has 0 radical (unpaired) electrons. The Morgan fingerprint density at radius 3 is 2.67 bits per heavy atom. The van der Waals surface area contributed by atoms with Gasteiger partial charge in [-0.3, -0.25) is 9.59 Å². The predicted molar refractivity (Wildman–Crippen MR) is 86.0 cm³/mol. The lowest BCUT2D eigenvalue weighted by molar-refractivity contribution is -0.144. The molecule has 0 bridgehead atoms. The summed E-state index contributed by atoms with van der Waals surface area (Å²) in [4.78, 5) is 26.8.